The van der Waals surface area contributed by atoms with Gasteiger partial charge in [0.2, 0.25) is 0 Å². The fourth-order valence-corrected chi connectivity index (χ4v) is 3.09. The Labute approximate surface area is 191 Å². The van der Waals surface area contributed by atoms with Crippen molar-refractivity contribution >= 4 is 23.4 Å². The topological polar surface area (TPSA) is 88.7 Å². The van der Waals surface area contributed by atoms with Crippen LogP contribution in [0.5, 0.6) is 0 Å². The smallest absolute Gasteiger partial charge is 0.319 e. The zero-order valence-corrected chi connectivity index (χ0v) is 20.0. The highest BCUT2D eigenvalue weighted by Crippen LogP contribution is 2.28. The number of hydrogen-bond donors (Lipinski definition) is 4. The Bertz CT molecular complexity index is 851. The number of likely N-dealkylation sites (N-methyl/N-ethyl adjacent to an activating group) is 2. The summed E-state index contributed by atoms with van der Waals surface area (Å²) in [6, 6.07) is 11.5. The van der Waals surface area contributed by atoms with E-state index in [1.54, 1.807) is 0 Å². The van der Waals surface area contributed by atoms with Crippen LogP contribution in [-0.4, -0.2) is 76.2 Å². The molecule has 0 spiro atoms. The predicted molar refractivity (Wildman–Crippen MR) is 133 cm³/mol. The molecule has 2 rings (SSSR count). The van der Waals surface area contributed by atoms with Crippen LogP contribution in [0, 0.1) is 13.8 Å². The van der Waals surface area contributed by atoms with Crippen LogP contribution in [0.25, 0.3) is 11.1 Å². The molecule has 0 heterocycles. The lowest BCUT2D eigenvalue weighted by molar-refractivity contribution is 0.250. The highest BCUT2D eigenvalue weighted by atomic mass is 16.2. The Morgan fingerprint density at radius 2 is 1.06 bits per heavy atom. The molecule has 2 aromatic carbocycles. The van der Waals surface area contributed by atoms with Crippen LogP contribution in [0.15, 0.2) is 36.4 Å². The number of rotatable bonds is 9. The third kappa shape index (κ3) is 8.20. The molecular formula is C24H36N6O2. The van der Waals surface area contributed by atoms with Gasteiger partial charge in [0.25, 0.3) is 0 Å². The molecule has 0 aliphatic heterocycles. The fourth-order valence-electron chi connectivity index (χ4n) is 3.09. The molecule has 174 valence electrons. The molecule has 0 atom stereocenters. The molecule has 4 amide bonds. The SMILES string of the molecule is Cc1cc(-c2ccc(NC(=O)NCCN(C)C)c(C)c2)ccc1NC(=O)NCCN(C)C. The lowest BCUT2D eigenvalue weighted by Gasteiger charge is -2.15. The van der Waals surface area contributed by atoms with Crippen molar-refractivity contribution < 1.29 is 9.59 Å². The monoisotopic (exact) mass is 440 g/mol. The van der Waals surface area contributed by atoms with E-state index in [9.17, 15) is 9.59 Å². The second kappa shape index (κ2) is 12.1. The van der Waals surface area contributed by atoms with E-state index in [1.807, 2.05) is 88.2 Å². The maximum Gasteiger partial charge on any atom is 0.319 e. The minimum absolute atomic E-state index is 0.210. The van der Waals surface area contributed by atoms with Gasteiger partial charge in [-0.15, -0.1) is 0 Å². The van der Waals surface area contributed by atoms with Crippen molar-refractivity contribution in [1.82, 2.24) is 20.4 Å². The number of carbonyl (C=O) groups is 2. The lowest BCUT2D eigenvalue weighted by Crippen LogP contribution is -2.34. The number of amides is 4. The molecule has 0 saturated carbocycles. The number of aryl methyl sites for hydroxylation is 2. The maximum atomic E-state index is 12.1. The molecule has 0 saturated heterocycles. The molecular weight excluding hydrogens is 404 g/mol. The van der Waals surface area contributed by atoms with Gasteiger partial charge in [0.05, 0.1) is 0 Å². The summed E-state index contributed by atoms with van der Waals surface area (Å²) in [5, 5.41) is 11.5. The first kappa shape index (κ1) is 25.2. The van der Waals surface area contributed by atoms with E-state index in [0.29, 0.717) is 13.1 Å². The molecule has 4 N–H and O–H groups in total. The molecule has 0 aliphatic rings. The van der Waals surface area contributed by atoms with Gasteiger partial charge in [-0.3, -0.25) is 0 Å². The van der Waals surface area contributed by atoms with Crippen molar-refractivity contribution in [2.75, 3.05) is 65.0 Å². The molecule has 0 fully saturated rings. The van der Waals surface area contributed by atoms with Crippen LogP contribution in [0.4, 0.5) is 21.0 Å². The van der Waals surface area contributed by atoms with Gasteiger partial charge in [-0.25, -0.2) is 9.59 Å². The van der Waals surface area contributed by atoms with Gasteiger partial charge in [-0.05, 0) is 88.6 Å². The van der Waals surface area contributed by atoms with Gasteiger partial charge in [0.1, 0.15) is 0 Å². The third-order valence-electron chi connectivity index (χ3n) is 4.97. The summed E-state index contributed by atoms with van der Waals surface area (Å²) < 4.78 is 0. The number of anilines is 2. The summed E-state index contributed by atoms with van der Waals surface area (Å²) in [6.45, 7) is 6.69. The summed E-state index contributed by atoms with van der Waals surface area (Å²) in [6.07, 6.45) is 0. The predicted octanol–water partition coefficient (Wildman–Crippen LogP) is 3.34. The van der Waals surface area contributed by atoms with Crippen LogP contribution in [0.3, 0.4) is 0 Å². The average molecular weight is 441 g/mol. The number of nitrogens with zero attached hydrogens (tertiary/aromatic N) is 2. The largest absolute Gasteiger partial charge is 0.337 e. The Balaban J connectivity index is 2.00. The average Bonchev–Trinajstić information content (AvgIpc) is 2.70. The zero-order chi connectivity index (χ0) is 23.7. The van der Waals surface area contributed by atoms with Crippen molar-refractivity contribution in [3.05, 3.63) is 47.5 Å². The van der Waals surface area contributed by atoms with E-state index in [4.69, 9.17) is 0 Å². The van der Waals surface area contributed by atoms with Gasteiger partial charge in [-0.1, -0.05) is 12.1 Å². The summed E-state index contributed by atoms with van der Waals surface area (Å²) >= 11 is 0. The molecule has 8 heteroatoms. The molecule has 0 radical (unpaired) electrons. The van der Waals surface area contributed by atoms with Crippen molar-refractivity contribution in [3.8, 4) is 11.1 Å². The number of hydrogen-bond acceptors (Lipinski definition) is 4. The fraction of sp³-hybridized carbons (Fsp3) is 0.417. The van der Waals surface area contributed by atoms with E-state index >= 15 is 0 Å². The summed E-state index contributed by atoms with van der Waals surface area (Å²) in [7, 11) is 7.87. The first-order valence-corrected chi connectivity index (χ1v) is 10.8. The van der Waals surface area contributed by atoms with Gasteiger partial charge >= 0.3 is 12.1 Å². The Kier molecular flexibility index (Phi) is 9.49. The van der Waals surface area contributed by atoms with E-state index in [0.717, 1.165) is 46.7 Å². The minimum Gasteiger partial charge on any atom is -0.337 e. The minimum atomic E-state index is -0.210. The van der Waals surface area contributed by atoms with E-state index in [1.165, 1.54) is 0 Å². The van der Waals surface area contributed by atoms with E-state index in [2.05, 4.69) is 21.3 Å². The quantitative estimate of drug-likeness (QED) is 0.482. The van der Waals surface area contributed by atoms with Crippen molar-refractivity contribution in [1.29, 1.82) is 0 Å². The van der Waals surface area contributed by atoms with Crippen LogP contribution in [0.1, 0.15) is 11.1 Å². The van der Waals surface area contributed by atoms with E-state index in [-0.39, 0.29) is 12.1 Å². The van der Waals surface area contributed by atoms with Crippen LogP contribution < -0.4 is 21.3 Å². The second-order valence-electron chi connectivity index (χ2n) is 8.43. The second-order valence-corrected chi connectivity index (χ2v) is 8.43. The third-order valence-corrected chi connectivity index (χ3v) is 4.97. The summed E-state index contributed by atoms with van der Waals surface area (Å²) in [5.41, 5.74) is 5.61. The van der Waals surface area contributed by atoms with E-state index < -0.39 is 0 Å². The molecule has 0 aliphatic carbocycles. The zero-order valence-electron chi connectivity index (χ0n) is 20.0. The molecule has 2 aromatic rings. The Morgan fingerprint density at radius 3 is 1.38 bits per heavy atom. The highest BCUT2D eigenvalue weighted by molar-refractivity contribution is 5.91. The number of benzene rings is 2. The molecule has 0 bridgehead atoms. The first-order valence-electron chi connectivity index (χ1n) is 10.8. The first-order chi connectivity index (χ1) is 15.2. The number of nitrogens with one attached hydrogen (secondary N) is 4. The summed E-state index contributed by atoms with van der Waals surface area (Å²) in [4.78, 5) is 28.2. The van der Waals surface area contributed by atoms with Crippen molar-refractivity contribution in [2.24, 2.45) is 0 Å². The normalized spacial score (nSPS) is 10.9. The van der Waals surface area contributed by atoms with Crippen molar-refractivity contribution in [3.63, 3.8) is 0 Å². The number of carbonyl (C=O) groups excluding carboxylic acids is 2. The van der Waals surface area contributed by atoms with Crippen molar-refractivity contribution in [2.45, 2.75) is 13.8 Å². The molecule has 8 nitrogen and oxygen atoms in total. The van der Waals surface area contributed by atoms with Crippen LogP contribution in [-0.2, 0) is 0 Å². The standard InChI is InChI=1S/C24H36N6O2/c1-17-15-19(7-9-21(17)27-23(31)25-11-13-29(3)4)20-8-10-22(18(2)16-20)28-24(32)26-12-14-30(5)6/h7-10,15-16H,11-14H2,1-6H3,(H2,25,27,31)(H2,26,28,32). The van der Waals surface area contributed by atoms with Gasteiger partial charge in [-0.2, -0.15) is 0 Å². The van der Waals surface area contributed by atoms with Gasteiger partial charge < -0.3 is 31.1 Å². The lowest BCUT2D eigenvalue weighted by atomic mass is 10.00. The maximum absolute atomic E-state index is 12.1. The van der Waals surface area contributed by atoms with Gasteiger partial charge in [0, 0.05) is 37.6 Å². The Morgan fingerprint density at radius 1 is 0.688 bits per heavy atom. The molecule has 32 heavy (non-hydrogen) atoms. The highest BCUT2D eigenvalue weighted by Gasteiger charge is 2.09. The van der Waals surface area contributed by atoms with Gasteiger partial charge in [0.15, 0.2) is 0 Å². The summed E-state index contributed by atoms with van der Waals surface area (Å²) in [5.74, 6) is 0. The van der Waals surface area contributed by atoms with Crippen LogP contribution in [0.2, 0.25) is 0 Å². The number of urea groups is 2. The van der Waals surface area contributed by atoms with Crippen LogP contribution >= 0.6 is 0 Å². The molecule has 0 aromatic heterocycles. The Hall–Kier alpha value is -3.10. The molecule has 0 unspecified atom stereocenters.